The number of hydrogen-bond acceptors (Lipinski definition) is 3. The van der Waals surface area contributed by atoms with Crippen LogP contribution in [0.15, 0.2) is 29.2 Å². The molecule has 0 aliphatic carbocycles. The molecule has 0 saturated heterocycles. The Bertz CT molecular complexity index is 476. The molecule has 0 atom stereocenters. The van der Waals surface area contributed by atoms with Crippen molar-refractivity contribution in [2.75, 3.05) is 6.54 Å². The second-order valence-corrected chi connectivity index (χ2v) is 6.92. The summed E-state index contributed by atoms with van der Waals surface area (Å²) in [6.45, 7) is 7.93. The molecule has 5 heteroatoms. The maximum absolute atomic E-state index is 11.2. The number of rotatable bonds is 4. The molecule has 3 N–H and O–H groups in total. The van der Waals surface area contributed by atoms with E-state index >= 15 is 0 Å². The fourth-order valence-corrected chi connectivity index (χ4v) is 2.00. The van der Waals surface area contributed by atoms with Gasteiger partial charge in [0, 0.05) is 13.1 Å². The molecule has 1 rings (SSSR count). The summed E-state index contributed by atoms with van der Waals surface area (Å²) in [6, 6.07) is 6.69. The summed E-state index contributed by atoms with van der Waals surface area (Å²) in [5.41, 5.74) is 1.12. The van der Waals surface area contributed by atoms with Gasteiger partial charge >= 0.3 is 0 Å². The van der Waals surface area contributed by atoms with Crippen molar-refractivity contribution in [1.82, 2.24) is 5.32 Å². The van der Waals surface area contributed by atoms with Crippen LogP contribution in [0.4, 0.5) is 0 Å². The van der Waals surface area contributed by atoms with Crippen LogP contribution >= 0.6 is 0 Å². The standard InChI is InChI=1S/C12H20N2O2S/c1-12(2,3)9-14-8-10-5-4-6-11(7-10)17(13,15)16/h4-7,14H,8-9H2,1-3H3,(H2,13,15,16). The smallest absolute Gasteiger partial charge is 0.238 e. The van der Waals surface area contributed by atoms with Gasteiger partial charge in [0.25, 0.3) is 0 Å². The molecule has 4 nitrogen and oxygen atoms in total. The average Bonchev–Trinajstić information content (AvgIpc) is 2.15. The van der Waals surface area contributed by atoms with Crippen molar-refractivity contribution in [3.8, 4) is 0 Å². The lowest BCUT2D eigenvalue weighted by atomic mass is 9.97. The van der Waals surface area contributed by atoms with Gasteiger partial charge in [0.2, 0.25) is 10.0 Å². The molecule has 0 aliphatic heterocycles. The molecule has 1 aromatic rings. The van der Waals surface area contributed by atoms with Gasteiger partial charge in [-0.1, -0.05) is 32.9 Å². The van der Waals surface area contributed by atoms with E-state index in [4.69, 9.17) is 5.14 Å². The quantitative estimate of drug-likeness (QED) is 0.857. The van der Waals surface area contributed by atoms with Gasteiger partial charge in [-0.2, -0.15) is 0 Å². The van der Waals surface area contributed by atoms with E-state index in [1.807, 2.05) is 6.07 Å². The minimum Gasteiger partial charge on any atom is -0.312 e. The van der Waals surface area contributed by atoms with E-state index in [0.29, 0.717) is 6.54 Å². The van der Waals surface area contributed by atoms with Crippen molar-refractivity contribution in [2.24, 2.45) is 10.6 Å². The van der Waals surface area contributed by atoms with Gasteiger partial charge in [0.05, 0.1) is 4.90 Å². The first-order valence-electron chi connectivity index (χ1n) is 5.51. The topological polar surface area (TPSA) is 72.2 Å². The Morgan fingerprint density at radius 3 is 2.47 bits per heavy atom. The normalized spacial score (nSPS) is 12.7. The molecule has 0 spiro atoms. The van der Waals surface area contributed by atoms with Gasteiger partial charge in [0.15, 0.2) is 0 Å². The van der Waals surface area contributed by atoms with E-state index in [-0.39, 0.29) is 10.3 Å². The lowest BCUT2D eigenvalue weighted by Gasteiger charge is -2.18. The van der Waals surface area contributed by atoms with Crippen molar-refractivity contribution in [3.63, 3.8) is 0 Å². The van der Waals surface area contributed by atoms with Crippen molar-refractivity contribution in [1.29, 1.82) is 0 Å². The molecule has 0 saturated carbocycles. The van der Waals surface area contributed by atoms with Crippen molar-refractivity contribution < 1.29 is 8.42 Å². The summed E-state index contributed by atoms with van der Waals surface area (Å²) in [6.07, 6.45) is 0. The van der Waals surface area contributed by atoms with E-state index in [0.717, 1.165) is 12.1 Å². The lowest BCUT2D eigenvalue weighted by molar-refractivity contribution is 0.379. The second kappa shape index (κ2) is 5.16. The molecule has 0 radical (unpaired) electrons. The minimum atomic E-state index is -3.61. The minimum absolute atomic E-state index is 0.160. The molecule has 0 amide bonds. The third kappa shape index (κ3) is 5.30. The van der Waals surface area contributed by atoms with E-state index < -0.39 is 10.0 Å². The molecule has 0 fully saturated rings. The van der Waals surface area contributed by atoms with Gasteiger partial charge in [-0.15, -0.1) is 0 Å². The summed E-state index contributed by atoms with van der Waals surface area (Å²) in [7, 11) is -3.61. The van der Waals surface area contributed by atoms with Gasteiger partial charge in [0.1, 0.15) is 0 Å². The number of nitrogens with two attached hydrogens (primary N) is 1. The highest BCUT2D eigenvalue weighted by Gasteiger charge is 2.10. The van der Waals surface area contributed by atoms with Crippen molar-refractivity contribution in [2.45, 2.75) is 32.2 Å². The van der Waals surface area contributed by atoms with Gasteiger partial charge in [-0.3, -0.25) is 0 Å². The zero-order chi connectivity index (χ0) is 13.1. The molecule has 0 aliphatic rings. The summed E-state index contributed by atoms with van der Waals surface area (Å²) in [4.78, 5) is 0.160. The van der Waals surface area contributed by atoms with E-state index in [1.54, 1.807) is 12.1 Å². The molecule has 0 bridgehead atoms. The van der Waals surface area contributed by atoms with E-state index in [9.17, 15) is 8.42 Å². The predicted octanol–water partition coefficient (Wildman–Crippen LogP) is 1.47. The van der Waals surface area contributed by atoms with Gasteiger partial charge in [-0.05, 0) is 23.1 Å². The van der Waals surface area contributed by atoms with Crippen LogP contribution in [0.3, 0.4) is 0 Å². The number of hydrogen-bond donors (Lipinski definition) is 2. The molecule has 1 aromatic carbocycles. The fourth-order valence-electron chi connectivity index (χ4n) is 1.41. The fraction of sp³-hybridized carbons (Fsp3) is 0.500. The number of benzene rings is 1. The zero-order valence-corrected chi connectivity index (χ0v) is 11.3. The summed E-state index contributed by atoms with van der Waals surface area (Å²) < 4.78 is 22.4. The van der Waals surface area contributed by atoms with Crippen LogP contribution in [0, 0.1) is 5.41 Å². The van der Waals surface area contributed by atoms with E-state index in [1.165, 1.54) is 6.07 Å². The monoisotopic (exact) mass is 256 g/mol. The van der Waals surface area contributed by atoms with Crippen LogP contribution in [-0.4, -0.2) is 15.0 Å². The Balaban J connectivity index is 2.68. The molecular weight excluding hydrogens is 236 g/mol. The molecule has 96 valence electrons. The highest BCUT2D eigenvalue weighted by Crippen LogP contribution is 2.12. The summed E-state index contributed by atoms with van der Waals surface area (Å²) in [5, 5.41) is 8.36. The van der Waals surface area contributed by atoms with Crippen LogP contribution in [0.25, 0.3) is 0 Å². The first-order valence-corrected chi connectivity index (χ1v) is 7.06. The Labute approximate surface area is 103 Å². The first kappa shape index (κ1) is 14.2. The predicted molar refractivity (Wildman–Crippen MR) is 69.0 cm³/mol. The molecule has 0 aromatic heterocycles. The largest absolute Gasteiger partial charge is 0.312 e. The first-order chi connectivity index (χ1) is 7.68. The Hall–Kier alpha value is -0.910. The number of primary sulfonamides is 1. The summed E-state index contributed by atoms with van der Waals surface area (Å²) in [5.74, 6) is 0. The zero-order valence-electron chi connectivity index (χ0n) is 10.5. The Morgan fingerprint density at radius 1 is 1.29 bits per heavy atom. The Morgan fingerprint density at radius 2 is 1.94 bits per heavy atom. The SMILES string of the molecule is CC(C)(C)CNCc1cccc(S(N)(=O)=O)c1. The van der Waals surface area contributed by atoms with Gasteiger partial charge in [-0.25, -0.2) is 13.6 Å². The van der Waals surface area contributed by atoms with E-state index in [2.05, 4.69) is 26.1 Å². The molecule has 0 heterocycles. The van der Waals surface area contributed by atoms with Crippen LogP contribution in [0.5, 0.6) is 0 Å². The van der Waals surface area contributed by atoms with Gasteiger partial charge < -0.3 is 5.32 Å². The third-order valence-electron chi connectivity index (χ3n) is 2.21. The maximum Gasteiger partial charge on any atom is 0.238 e. The maximum atomic E-state index is 11.2. The van der Waals surface area contributed by atoms with Crippen LogP contribution < -0.4 is 10.5 Å². The highest BCUT2D eigenvalue weighted by molar-refractivity contribution is 7.89. The number of nitrogens with one attached hydrogen (secondary N) is 1. The lowest BCUT2D eigenvalue weighted by Crippen LogP contribution is -2.26. The highest BCUT2D eigenvalue weighted by atomic mass is 32.2. The molecular formula is C12H20N2O2S. The molecule has 17 heavy (non-hydrogen) atoms. The average molecular weight is 256 g/mol. The van der Waals surface area contributed by atoms with Crippen molar-refractivity contribution >= 4 is 10.0 Å². The van der Waals surface area contributed by atoms with Crippen LogP contribution in [-0.2, 0) is 16.6 Å². The second-order valence-electron chi connectivity index (χ2n) is 5.36. The molecule has 0 unspecified atom stereocenters. The summed E-state index contributed by atoms with van der Waals surface area (Å²) >= 11 is 0. The van der Waals surface area contributed by atoms with Crippen LogP contribution in [0.2, 0.25) is 0 Å². The van der Waals surface area contributed by atoms with Crippen molar-refractivity contribution in [3.05, 3.63) is 29.8 Å². The third-order valence-corrected chi connectivity index (χ3v) is 3.12. The number of sulfonamides is 1. The Kier molecular flexibility index (Phi) is 4.30. The van der Waals surface area contributed by atoms with Crippen LogP contribution in [0.1, 0.15) is 26.3 Å².